The molecule has 1 unspecified atom stereocenters. The maximum absolute atomic E-state index is 4.35. The summed E-state index contributed by atoms with van der Waals surface area (Å²) in [5.74, 6) is 0.683. The van der Waals surface area contributed by atoms with Crippen LogP contribution in [0.4, 0.5) is 5.69 Å². The zero-order chi connectivity index (χ0) is 13.7. The molecule has 0 radical (unpaired) electrons. The highest BCUT2D eigenvalue weighted by Crippen LogP contribution is 2.20. The fraction of sp³-hybridized carbons (Fsp3) is 0.278. The molecule has 0 saturated carbocycles. The Kier molecular flexibility index (Phi) is 4.51. The summed E-state index contributed by atoms with van der Waals surface area (Å²) in [6.45, 7) is 8.00. The van der Waals surface area contributed by atoms with E-state index < -0.39 is 0 Å². The van der Waals surface area contributed by atoms with E-state index in [1.54, 1.807) is 6.21 Å². The molecule has 0 spiro atoms. The minimum Gasteiger partial charge on any atom is -0.257 e. The molecule has 2 rings (SSSR count). The van der Waals surface area contributed by atoms with Gasteiger partial charge in [-0.2, -0.15) is 0 Å². The first-order chi connectivity index (χ1) is 9.13. The molecule has 0 aliphatic heterocycles. The molecule has 0 saturated heterocycles. The summed E-state index contributed by atoms with van der Waals surface area (Å²) in [6.07, 6.45) is 10.9. The van der Waals surface area contributed by atoms with Crippen molar-refractivity contribution < 1.29 is 0 Å². The van der Waals surface area contributed by atoms with Crippen LogP contribution in [0.5, 0.6) is 0 Å². The fourth-order valence-corrected chi connectivity index (χ4v) is 2.02. The molecular weight excluding hydrogens is 230 g/mol. The Hall–Kier alpha value is -1.89. The van der Waals surface area contributed by atoms with Gasteiger partial charge in [0, 0.05) is 6.21 Å². The van der Waals surface area contributed by atoms with Crippen LogP contribution >= 0.6 is 0 Å². The summed E-state index contributed by atoms with van der Waals surface area (Å²) in [7, 11) is 0. The molecule has 1 heteroatoms. The summed E-state index contributed by atoms with van der Waals surface area (Å²) >= 11 is 0. The van der Waals surface area contributed by atoms with Crippen molar-refractivity contribution >= 4 is 11.9 Å². The Morgan fingerprint density at radius 3 is 2.68 bits per heavy atom. The van der Waals surface area contributed by atoms with Gasteiger partial charge in [-0.15, -0.1) is 0 Å². The fourth-order valence-electron chi connectivity index (χ4n) is 2.02. The van der Waals surface area contributed by atoms with Crippen LogP contribution < -0.4 is 0 Å². The third-order valence-corrected chi connectivity index (χ3v) is 3.17. The lowest BCUT2D eigenvalue weighted by molar-refractivity contribution is 0.728. The lowest BCUT2D eigenvalue weighted by Crippen LogP contribution is -1.97. The second-order valence-corrected chi connectivity index (χ2v) is 5.30. The number of nitrogens with zero attached hydrogens (tertiary/aromatic N) is 1. The zero-order valence-corrected chi connectivity index (χ0v) is 11.8. The molecule has 0 aromatic heterocycles. The van der Waals surface area contributed by atoms with Gasteiger partial charge in [0.2, 0.25) is 0 Å². The van der Waals surface area contributed by atoms with Crippen molar-refractivity contribution in [1.29, 1.82) is 0 Å². The van der Waals surface area contributed by atoms with E-state index in [-0.39, 0.29) is 0 Å². The predicted octanol–water partition coefficient (Wildman–Crippen LogP) is 5.03. The number of hydrogen-bond donors (Lipinski definition) is 0. The van der Waals surface area contributed by atoms with Crippen molar-refractivity contribution in [3.63, 3.8) is 0 Å². The van der Waals surface area contributed by atoms with Crippen LogP contribution in [-0.2, 0) is 6.42 Å². The standard InChI is InChI=1S/C18H21N/c1-14(2)13-19-18-10-8-17(9-11-18)12-16-6-4-15(3)5-7-16/h4,6-11,13,15H,1,5,12H2,2-3H3. The predicted molar refractivity (Wildman–Crippen MR) is 84.1 cm³/mol. The highest BCUT2D eigenvalue weighted by molar-refractivity contribution is 5.79. The molecule has 0 amide bonds. The van der Waals surface area contributed by atoms with E-state index in [4.69, 9.17) is 0 Å². The maximum Gasteiger partial charge on any atom is 0.0629 e. The van der Waals surface area contributed by atoms with Gasteiger partial charge in [0.25, 0.3) is 0 Å². The summed E-state index contributed by atoms with van der Waals surface area (Å²) in [5.41, 5.74) is 4.69. The van der Waals surface area contributed by atoms with Gasteiger partial charge in [0.05, 0.1) is 5.69 Å². The van der Waals surface area contributed by atoms with Crippen LogP contribution in [0, 0.1) is 5.92 Å². The largest absolute Gasteiger partial charge is 0.257 e. The number of benzene rings is 1. The van der Waals surface area contributed by atoms with Crippen molar-refractivity contribution in [3.05, 3.63) is 65.8 Å². The van der Waals surface area contributed by atoms with Crippen LogP contribution in [0.15, 0.2) is 65.2 Å². The van der Waals surface area contributed by atoms with Gasteiger partial charge in [-0.3, -0.25) is 4.99 Å². The molecule has 1 atom stereocenters. The van der Waals surface area contributed by atoms with Crippen LogP contribution in [0.3, 0.4) is 0 Å². The summed E-state index contributed by atoms with van der Waals surface area (Å²) in [6, 6.07) is 8.42. The second-order valence-electron chi connectivity index (χ2n) is 5.30. The summed E-state index contributed by atoms with van der Waals surface area (Å²) in [4.78, 5) is 4.35. The molecule has 98 valence electrons. The Labute approximate surface area is 116 Å². The van der Waals surface area contributed by atoms with Crippen molar-refractivity contribution in [2.45, 2.75) is 26.7 Å². The van der Waals surface area contributed by atoms with E-state index in [0.29, 0.717) is 5.92 Å². The molecule has 1 aromatic carbocycles. The Morgan fingerprint density at radius 2 is 2.11 bits per heavy atom. The van der Waals surface area contributed by atoms with E-state index in [1.807, 2.05) is 6.92 Å². The minimum atomic E-state index is 0.683. The molecular formula is C18H21N. The average Bonchev–Trinajstić information content (AvgIpc) is 2.40. The Bertz CT molecular complexity index is 529. The molecule has 1 aliphatic carbocycles. The third-order valence-electron chi connectivity index (χ3n) is 3.17. The monoisotopic (exact) mass is 251 g/mol. The average molecular weight is 251 g/mol. The highest BCUT2D eigenvalue weighted by Gasteiger charge is 2.04. The van der Waals surface area contributed by atoms with Crippen LogP contribution in [0.1, 0.15) is 25.8 Å². The van der Waals surface area contributed by atoms with E-state index in [0.717, 1.165) is 24.1 Å². The van der Waals surface area contributed by atoms with Crippen molar-refractivity contribution in [2.75, 3.05) is 0 Å². The molecule has 1 aliphatic rings. The van der Waals surface area contributed by atoms with Gasteiger partial charge >= 0.3 is 0 Å². The number of allylic oxidation sites excluding steroid dienone is 5. The molecule has 0 heterocycles. The minimum absolute atomic E-state index is 0.683. The smallest absolute Gasteiger partial charge is 0.0629 e. The van der Waals surface area contributed by atoms with Gasteiger partial charge in [0.1, 0.15) is 0 Å². The summed E-state index contributed by atoms with van der Waals surface area (Å²) in [5, 5.41) is 0. The lowest BCUT2D eigenvalue weighted by Gasteiger charge is -2.11. The van der Waals surface area contributed by atoms with Crippen molar-refractivity contribution in [2.24, 2.45) is 10.9 Å². The van der Waals surface area contributed by atoms with Crippen molar-refractivity contribution in [3.8, 4) is 0 Å². The highest BCUT2D eigenvalue weighted by atomic mass is 14.7. The van der Waals surface area contributed by atoms with Crippen LogP contribution in [0.2, 0.25) is 0 Å². The molecule has 0 bridgehead atoms. The normalized spacial score (nSPS) is 18.6. The molecule has 1 nitrogen and oxygen atoms in total. The van der Waals surface area contributed by atoms with Gasteiger partial charge in [-0.25, -0.2) is 0 Å². The van der Waals surface area contributed by atoms with E-state index in [2.05, 4.69) is 61.0 Å². The van der Waals surface area contributed by atoms with Gasteiger partial charge in [0.15, 0.2) is 0 Å². The third kappa shape index (κ3) is 4.36. The first kappa shape index (κ1) is 13.5. The number of rotatable bonds is 4. The first-order valence-electron chi connectivity index (χ1n) is 6.79. The lowest BCUT2D eigenvalue weighted by atomic mass is 9.94. The SMILES string of the molecule is C=C(C)C=Nc1ccc(CC2=CCC(C)C=C2)cc1. The zero-order valence-electron chi connectivity index (χ0n) is 11.8. The molecule has 19 heavy (non-hydrogen) atoms. The van der Waals surface area contributed by atoms with E-state index >= 15 is 0 Å². The second kappa shape index (κ2) is 6.33. The van der Waals surface area contributed by atoms with Gasteiger partial charge in [-0.05, 0) is 54.5 Å². The van der Waals surface area contributed by atoms with E-state index in [1.165, 1.54) is 11.1 Å². The summed E-state index contributed by atoms with van der Waals surface area (Å²) < 4.78 is 0. The van der Waals surface area contributed by atoms with Crippen molar-refractivity contribution in [1.82, 2.24) is 0 Å². The van der Waals surface area contributed by atoms with E-state index in [9.17, 15) is 0 Å². The number of aliphatic imine (C=N–C) groups is 1. The van der Waals surface area contributed by atoms with Crippen LogP contribution in [0.25, 0.3) is 0 Å². The molecule has 0 fully saturated rings. The van der Waals surface area contributed by atoms with Gasteiger partial charge in [-0.1, -0.05) is 43.9 Å². The Balaban J connectivity index is 1.99. The molecule has 0 N–H and O–H groups in total. The topological polar surface area (TPSA) is 12.4 Å². The Morgan fingerprint density at radius 1 is 1.37 bits per heavy atom. The maximum atomic E-state index is 4.35. The van der Waals surface area contributed by atoms with Crippen LogP contribution in [-0.4, -0.2) is 6.21 Å². The van der Waals surface area contributed by atoms with Gasteiger partial charge < -0.3 is 0 Å². The first-order valence-corrected chi connectivity index (χ1v) is 6.79. The quantitative estimate of drug-likeness (QED) is 0.665. The molecule has 1 aromatic rings. The number of hydrogen-bond acceptors (Lipinski definition) is 1.